The van der Waals surface area contributed by atoms with Crippen LogP contribution in [0.25, 0.3) is 0 Å². The summed E-state index contributed by atoms with van der Waals surface area (Å²) in [5, 5.41) is 21.2. The van der Waals surface area contributed by atoms with Gasteiger partial charge in [-0.1, -0.05) is 6.07 Å². The number of β-amino-alcohol motifs (C(OH)–C–C–N with tert-alkyl or cyclic N) is 2. The number of urea groups is 1. The predicted octanol–water partition coefficient (Wildman–Crippen LogP) is 2.51. The van der Waals surface area contributed by atoms with E-state index in [-0.39, 0.29) is 25.3 Å². The van der Waals surface area contributed by atoms with E-state index in [4.69, 9.17) is 0 Å². The summed E-state index contributed by atoms with van der Waals surface area (Å²) in [6.45, 7) is 1.90. The van der Waals surface area contributed by atoms with Crippen molar-refractivity contribution in [3.05, 3.63) is 48.0 Å². The van der Waals surface area contributed by atoms with Crippen molar-refractivity contribution in [2.24, 2.45) is 0 Å². The number of alkyl halides is 3. The van der Waals surface area contributed by atoms with Crippen LogP contribution in [0.4, 0.5) is 40.7 Å². The van der Waals surface area contributed by atoms with Crippen LogP contribution in [-0.4, -0.2) is 62.0 Å². The molecule has 0 radical (unpaired) electrons. The number of anilines is 4. The van der Waals surface area contributed by atoms with Crippen LogP contribution in [0.15, 0.2) is 42.5 Å². The molecule has 2 aromatic carbocycles. The Labute approximate surface area is 182 Å². The summed E-state index contributed by atoms with van der Waals surface area (Å²) in [6, 6.07) is 7.98. The molecule has 1 aliphatic rings. The number of nitrogens with one attached hydrogen (secondary N) is 1. The highest BCUT2D eigenvalue weighted by Gasteiger charge is 2.31. The number of benzene rings is 2. The molecule has 0 fully saturated rings. The van der Waals surface area contributed by atoms with Crippen molar-refractivity contribution in [3.63, 3.8) is 0 Å². The van der Waals surface area contributed by atoms with Crippen LogP contribution >= 0.6 is 0 Å². The quantitative estimate of drug-likeness (QED) is 0.559. The molecule has 172 valence electrons. The molecule has 0 saturated carbocycles. The van der Waals surface area contributed by atoms with Gasteiger partial charge >= 0.3 is 12.2 Å². The van der Waals surface area contributed by atoms with Crippen molar-refractivity contribution in [2.45, 2.75) is 6.18 Å². The van der Waals surface area contributed by atoms with Crippen LogP contribution < -0.4 is 20.0 Å². The molecule has 0 bridgehead atoms. The molecule has 1 heterocycles. The number of amides is 3. The fraction of sp³-hybridized carbons (Fsp3) is 0.333. The summed E-state index contributed by atoms with van der Waals surface area (Å²) in [4.78, 5) is 28.6. The van der Waals surface area contributed by atoms with E-state index < -0.39 is 17.8 Å². The third kappa shape index (κ3) is 5.11. The van der Waals surface area contributed by atoms with Crippen LogP contribution in [0.1, 0.15) is 5.56 Å². The second-order valence-electron chi connectivity index (χ2n) is 7.08. The average Bonchev–Trinajstić information content (AvgIpc) is 2.76. The first-order valence-corrected chi connectivity index (χ1v) is 9.87. The molecule has 1 aliphatic heterocycles. The molecule has 2 aromatic rings. The zero-order valence-corrected chi connectivity index (χ0v) is 17.0. The molecule has 11 heteroatoms. The van der Waals surface area contributed by atoms with Gasteiger partial charge in [0.05, 0.1) is 35.8 Å². The molecule has 0 spiro atoms. The Morgan fingerprint density at radius 2 is 1.69 bits per heavy atom. The molecule has 0 saturated heterocycles. The predicted molar refractivity (Wildman–Crippen MR) is 114 cm³/mol. The van der Waals surface area contributed by atoms with E-state index in [1.807, 2.05) is 9.80 Å². The smallest absolute Gasteiger partial charge is 0.395 e. The summed E-state index contributed by atoms with van der Waals surface area (Å²) in [5.74, 6) is 0. The zero-order valence-electron chi connectivity index (χ0n) is 17.0. The van der Waals surface area contributed by atoms with Crippen molar-refractivity contribution in [2.75, 3.05) is 59.4 Å². The average molecular weight is 452 g/mol. The molecule has 0 atom stereocenters. The first kappa shape index (κ1) is 23.4. The van der Waals surface area contributed by atoms with E-state index in [9.17, 15) is 33.0 Å². The second-order valence-corrected chi connectivity index (χ2v) is 7.08. The Kier molecular flexibility index (Phi) is 7.21. The first-order valence-electron chi connectivity index (χ1n) is 9.87. The fourth-order valence-corrected chi connectivity index (χ4v) is 3.55. The Hall–Kier alpha value is -3.31. The molecule has 32 heavy (non-hydrogen) atoms. The second kappa shape index (κ2) is 9.88. The number of aliphatic hydroxyl groups excluding tert-OH is 2. The lowest BCUT2D eigenvalue weighted by molar-refractivity contribution is -0.137. The van der Waals surface area contributed by atoms with Crippen LogP contribution in [0.2, 0.25) is 0 Å². The van der Waals surface area contributed by atoms with Gasteiger partial charge in [-0.3, -0.25) is 4.79 Å². The molecular weight excluding hydrogens is 429 g/mol. The number of carbonyl (C=O) groups is 2. The zero-order chi connectivity index (χ0) is 23.3. The summed E-state index contributed by atoms with van der Waals surface area (Å²) < 4.78 is 38.9. The highest BCUT2D eigenvalue weighted by molar-refractivity contribution is 6.12. The number of nitrogens with zero attached hydrogens (tertiary/aromatic N) is 3. The van der Waals surface area contributed by atoms with Crippen molar-refractivity contribution >= 4 is 35.2 Å². The minimum Gasteiger partial charge on any atom is -0.395 e. The van der Waals surface area contributed by atoms with Crippen molar-refractivity contribution in [3.8, 4) is 0 Å². The highest BCUT2D eigenvalue weighted by Crippen LogP contribution is 2.36. The standard InChI is InChI=1S/C21H23F3N4O4/c22-21(23,24)15-2-1-3-17(12-15)28(14-31)20(32)25-16-4-5-18-19(13-16)27(9-11-30)7-6-26(18)8-10-29/h1-5,12-14,29-30H,6-11H2,(H,25,32). The fourth-order valence-electron chi connectivity index (χ4n) is 3.55. The van der Waals surface area contributed by atoms with Crippen molar-refractivity contribution in [1.82, 2.24) is 0 Å². The normalized spacial score (nSPS) is 13.5. The molecule has 3 N–H and O–H groups in total. The van der Waals surface area contributed by atoms with Crippen molar-refractivity contribution in [1.29, 1.82) is 0 Å². The largest absolute Gasteiger partial charge is 0.416 e. The summed E-state index contributed by atoms with van der Waals surface area (Å²) in [5.41, 5.74) is 0.643. The van der Waals surface area contributed by atoms with Crippen LogP contribution in [-0.2, 0) is 11.0 Å². The van der Waals surface area contributed by atoms with E-state index in [1.54, 1.807) is 18.2 Å². The molecule has 0 aliphatic carbocycles. The molecule has 0 aromatic heterocycles. The molecule has 3 rings (SSSR count). The lowest BCUT2D eigenvalue weighted by atomic mass is 10.1. The number of hydrogen-bond donors (Lipinski definition) is 3. The topological polar surface area (TPSA) is 96.4 Å². The van der Waals surface area contributed by atoms with Gasteiger partial charge in [0.25, 0.3) is 0 Å². The Morgan fingerprint density at radius 3 is 2.28 bits per heavy atom. The summed E-state index contributed by atoms with van der Waals surface area (Å²) in [6.07, 6.45) is -4.47. The SMILES string of the molecule is O=CN(C(=O)Nc1ccc2c(c1)N(CCO)CCN2CCO)c1cccc(C(F)(F)F)c1. The Morgan fingerprint density at radius 1 is 1.03 bits per heavy atom. The van der Waals surface area contributed by atoms with E-state index in [2.05, 4.69) is 5.32 Å². The van der Waals surface area contributed by atoms with Crippen molar-refractivity contribution < 1.29 is 33.0 Å². The van der Waals surface area contributed by atoms with Gasteiger partial charge in [0, 0.05) is 31.9 Å². The van der Waals surface area contributed by atoms with Gasteiger partial charge in [-0.05, 0) is 36.4 Å². The Bertz CT molecular complexity index is 970. The maximum absolute atomic E-state index is 13.0. The minimum atomic E-state index is -4.61. The molecular formula is C21H23F3N4O4. The molecule has 8 nitrogen and oxygen atoms in total. The summed E-state index contributed by atoms with van der Waals surface area (Å²) in [7, 11) is 0. The summed E-state index contributed by atoms with van der Waals surface area (Å²) >= 11 is 0. The van der Waals surface area contributed by atoms with Gasteiger partial charge < -0.3 is 25.3 Å². The van der Waals surface area contributed by atoms with Gasteiger partial charge in [0.15, 0.2) is 0 Å². The van der Waals surface area contributed by atoms with Crippen LogP contribution in [0.5, 0.6) is 0 Å². The minimum absolute atomic E-state index is 0.0385. The van der Waals surface area contributed by atoms with Gasteiger partial charge in [-0.25, -0.2) is 9.69 Å². The maximum Gasteiger partial charge on any atom is 0.416 e. The number of rotatable bonds is 7. The van der Waals surface area contributed by atoms with E-state index in [1.165, 1.54) is 6.07 Å². The lowest BCUT2D eigenvalue weighted by Crippen LogP contribution is -2.43. The third-order valence-corrected chi connectivity index (χ3v) is 5.06. The van der Waals surface area contributed by atoms with Gasteiger partial charge in [-0.15, -0.1) is 0 Å². The van der Waals surface area contributed by atoms with E-state index in [0.29, 0.717) is 42.5 Å². The third-order valence-electron chi connectivity index (χ3n) is 5.06. The lowest BCUT2D eigenvalue weighted by Gasteiger charge is -2.38. The Balaban J connectivity index is 1.85. The molecule has 0 unspecified atom stereocenters. The number of imide groups is 1. The van der Waals surface area contributed by atoms with Crippen LogP contribution in [0.3, 0.4) is 0 Å². The van der Waals surface area contributed by atoms with Gasteiger partial charge in [-0.2, -0.15) is 13.2 Å². The maximum atomic E-state index is 13.0. The number of carbonyl (C=O) groups excluding carboxylic acids is 2. The number of aliphatic hydroxyl groups is 2. The first-order chi connectivity index (χ1) is 15.3. The number of hydrogen-bond acceptors (Lipinski definition) is 6. The molecule has 3 amide bonds. The van der Waals surface area contributed by atoms with E-state index in [0.717, 1.165) is 23.9 Å². The number of halogens is 3. The van der Waals surface area contributed by atoms with Crippen LogP contribution in [0, 0.1) is 0 Å². The highest BCUT2D eigenvalue weighted by atomic mass is 19.4. The number of fused-ring (bicyclic) bond motifs is 1. The van der Waals surface area contributed by atoms with Gasteiger partial charge in [0.1, 0.15) is 0 Å². The van der Waals surface area contributed by atoms with E-state index >= 15 is 0 Å². The monoisotopic (exact) mass is 452 g/mol. The van der Waals surface area contributed by atoms with Gasteiger partial charge in [0.2, 0.25) is 6.41 Å².